The topological polar surface area (TPSA) is 110 Å². The summed E-state index contributed by atoms with van der Waals surface area (Å²) in [7, 11) is -7.56. The maximum absolute atomic E-state index is 12.2. The summed E-state index contributed by atoms with van der Waals surface area (Å²) in [4.78, 5) is 0. The molecule has 0 aliphatic carbocycles. The number of rotatable bonds is 14. The predicted octanol–water partition coefficient (Wildman–Crippen LogP) is 2.74. The third kappa shape index (κ3) is 8.72. The van der Waals surface area contributed by atoms with Gasteiger partial charge < -0.3 is 5.11 Å². The molecule has 0 aromatic carbocycles. The fourth-order valence-electron chi connectivity index (χ4n) is 1.32. The molecular weight excluding hydrogens is 338 g/mol. The third-order valence-electron chi connectivity index (χ3n) is 2.05. The van der Waals surface area contributed by atoms with Gasteiger partial charge in [0.25, 0.3) is 0 Å². The van der Waals surface area contributed by atoms with Gasteiger partial charge in [0, 0.05) is 0 Å². The molecule has 0 bridgehead atoms. The van der Waals surface area contributed by atoms with Crippen molar-refractivity contribution in [2.75, 3.05) is 39.6 Å². The number of aliphatic hydroxyl groups excluding tert-OH is 1. The Balaban J connectivity index is 4.69. The number of hydrogen-bond donors (Lipinski definition) is 1. The molecule has 0 fully saturated rings. The minimum atomic E-state index is -3.82. The average Bonchev–Trinajstić information content (AvgIpc) is 2.44. The first kappa shape index (κ1) is 22.2. The van der Waals surface area contributed by atoms with Crippen LogP contribution in [0.15, 0.2) is 0 Å². The van der Waals surface area contributed by atoms with Gasteiger partial charge in [-0.15, -0.1) is 0 Å². The van der Waals surface area contributed by atoms with Crippen molar-refractivity contribution in [3.8, 4) is 0 Å². The van der Waals surface area contributed by atoms with Crippen LogP contribution in [0.25, 0.3) is 0 Å². The molecule has 9 nitrogen and oxygen atoms in total. The molecular formula is C11H26O9P2. The predicted molar refractivity (Wildman–Crippen MR) is 79.6 cm³/mol. The molecule has 1 unspecified atom stereocenters. The van der Waals surface area contributed by atoms with E-state index in [4.69, 9.17) is 27.1 Å². The molecule has 0 heterocycles. The highest BCUT2D eigenvalue weighted by atomic mass is 31.2. The standard InChI is InChI=1S/C11H26O9P2/c1-5-15-21(13,16-6-2)19-10-11(9-12)20-22(14,17-7-3)18-8-4/h11-12H,5-10H2,1-4H3. The SMILES string of the molecule is CCOP(=O)(OCC)OCC(CO)OP(=O)(OCC)OCC. The second kappa shape index (κ2) is 11.7. The Morgan fingerprint density at radius 2 is 1.18 bits per heavy atom. The van der Waals surface area contributed by atoms with Crippen LogP contribution in [-0.4, -0.2) is 50.9 Å². The van der Waals surface area contributed by atoms with Crippen LogP contribution in [0.5, 0.6) is 0 Å². The van der Waals surface area contributed by atoms with Crippen molar-refractivity contribution >= 4 is 15.6 Å². The number of phosphoric ester groups is 2. The summed E-state index contributed by atoms with van der Waals surface area (Å²) in [6.07, 6.45) is -1.07. The van der Waals surface area contributed by atoms with Crippen LogP contribution < -0.4 is 0 Å². The summed E-state index contributed by atoms with van der Waals surface area (Å²) in [5.41, 5.74) is 0. The highest BCUT2D eigenvalue weighted by molar-refractivity contribution is 7.48. The molecule has 0 spiro atoms. The minimum Gasteiger partial charge on any atom is -0.394 e. The molecule has 0 aliphatic rings. The van der Waals surface area contributed by atoms with Crippen molar-refractivity contribution in [1.29, 1.82) is 0 Å². The summed E-state index contributed by atoms with van der Waals surface area (Å²) < 4.78 is 54.2. The van der Waals surface area contributed by atoms with Gasteiger partial charge in [-0.3, -0.25) is 27.1 Å². The quantitative estimate of drug-likeness (QED) is 0.465. The Morgan fingerprint density at radius 3 is 1.55 bits per heavy atom. The van der Waals surface area contributed by atoms with Gasteiger partial charge in [-0.25, -0.2) is 9.13 Å². The van der Waals surface area contributed by atoms with E-state index in [9.17, 15) is 14.2 Å². The van der Waals surface area contributed by atoms with Crippen LogP contribution >= 0.6 is 15.6 Å². The van der Waals surface area contributed by atoms with Crippen LogP contribution in [0, 0.1) is 0 Å². The van der Waals surface area contributed by atoms with Crippen molar-refractivity contribution in [3.05, 3.63) is 0 Å². The first-order valence-electron chi connectivity index (χ1n) is 7.10. The summed E-state index contributed by atoms with van der Waals surface area (Å²) in [5.74, 6) is 0. The lowest BCUT2D eigenvalue weighted by Gasteiger charge is -2.23. The highest BCUT2D eigenvalue weighted by Crippen LogP contribution is 2.52. The zero-order valence-corrected chi connectivity index (χ0v) is 15.2. The van der Waals surface area contributed by atoms with Crippen LogP contribution in [0.4, 0.5) is 0 Å². The van der Waals surface area contributed by atoms with E-state index in [1.165, 1.54) is 0 Å². The van der Waals surface area contributed by atoms with Gasteiger partial charge in [-0.1, -0.05) is 0 Å². The van der Waals surface area contributed by atoms with Crippen molar-refractivity contribution in [2.24, 2.45) is 0 Å². The second-order valence-electron chi connectivity index (χ2n) is 3.77. The molecule has 0 amide bonds. The zero-order chi connectivity index (χ0) is 17.1. The molecule has 0 saturated carbocycles. The minimum absolute atomic E-state index is 0.104. The Kier molecular flexibility index (Phi) is 11.8. The molecule has 11 heteroatoms. The first-order valence-corrected chi connectivity index (χ1v) is 10.0. The third-order valence-corrected chi connectivity index (χ3v) is 5.37. The molecule has 1 N–H and O–H groups in total. The van der Waals surface area contributed by atoms with Gasteiger partial charge in [-0.05, 0) is 27.7 Å². The normalized spacial score (nSPS) is 14.2. The van der Waals surface area contributed by atoms with E-state index < -0.39 is 28.4 Å². The van der Waals surface area contributed by atoms with Gasteiger partial charge in [0.05, 0.1) is 39.6 Å². The molecule has 1 atom stereocenters. The van der Waals surface area contributed by atoms with Gasteiger partial charge >= 0.3 is 15.6 Å². The number of aliphatic hydroxyl groups is 1. The Labute approximate surface area is 131 Å². The fraction of sp³-hybridized carbons (Fsp3) is 1.00. The number of hydrogen-bond acceptors (Lipinski definition) is 9. The maximum atomic E-state index is 12.2. The first-order chi connectivity index (χ1) is 10.4. The zero-order valence-electron chi connectivity index (χ0n) is 13.4. The van der Waals surface area contributed by atoms with Crippen LogP contribution in [0.1, 0.15) is 27.7 Å². The van der Waals surface area contributed by atoms with Crippen molar-refractivity contribution < 1.29 is 41.4 Å². The molecule has 22 heavy (non-hydrogen) atoms. The van der Waals surface area contributed by atoms with Gasteiger partial charge in [0.2, 0.25) is 0 Å². The van der Waals surface area contributed by atoms with E-state index in [1.54, 1.807) is 27.7 Å². The summed E-state index contributed by atoms with van der Waals surface area (Å²) in [6, 6.07) is 0. The van der Waals surface area contributed by atoms with E-state index in [2.05, 4.69) is 0 Å². The smallest absolute Gasteiger partial charge is 0.394 e. The summed E-state index contributed by atoms with van der Waals surface area (Å²) >= 11 is 0. The van der Waals surface area contributed by atoms with Crippen LogP contribution in [0.2, 0.25) is 0 Å². The molecule has 0 aliphatic heterocycles. The lowest BCUT2D eigenvalue weighted by atomic mass is 10.4. The lowest BCUT2D eigenvalue weighted by molar-refractivity contribution is 0.0134. The summed E-state index contributed by atoms with van der Waals surface area (Å²) in [6.45, 7) is 6.06. The van der Waals surface area contributed by atoms with Crippen LogP contribution in [0.3, 0.4) is 0 Å². The molecule has 134 valence electrons. The van der Waals surface area contributed by atoms with E-state index in [1.807, 2.05) is 0 Å². The van der Waals surface area contributed by atoms with E-state index in [-0.39, 0.29) is 33.0 Å². The average molecular weight is 364 g/mol. The summed E-state index contributed by atoms with van der Waals surface area (Å²) in [5, 5.41) is 9.27. The van der Waals surface area contributed by atoms with Gasteiger partial charge in [0.1, 0.15) is 6.10 Å². The molecule has 0 aromatic heterocycles. The maximum Gasteiger partial charge on any atom is 0.475 e. The Morgan fingerprint density at radius 1 is 0.773 bits per heavy atom. The largest absolute Gasteiger partial charge is 0.475 e. The van der Waals surface area contributed by atoms with E-state index in [0.717, 1.165) is 0 Å². The van der Waals surface area contributed by atoms with Crippen LogP contribution in [-0.2, 0) is 36.3 Å². The highest BCUT2D eigenvalue weighted by Gasteiger charge is 2.33. The van der Waals surface area contributed by atoms with Crippen molar-refractivity contribution in [1.82, 2.24) is 0 Å². The van der Waals surface area contributed by atoms with E-state index >= 15 is 0 Å². The van der Waals surface area contributed by atoms with Crippen molar-refractivity contribution in [2.45, 2.75) is 33.8 Å². The molecule has 0 rings (SSSR count). The second-order valence-corrected chi connectivity index (χ2v) is 7.06. The monoisotopic (exact) mass is 364 g/mol. The van der Waals surface area contributed by atoms with Gasteiger partial charge in [0.15, 0.2) is 0 Å². The molecule has 0 aromatic rings. The lowest BCUT2D eigenvalue weighted by Crippen LogP contribution is -2.24. The van der Waals surface area contributed by atoms with Crippen molar-refractivity contribution in [3.63, 3.8) is 0 Å². The Bertz CT molecular complexity index is 357. The molecule has 0 saturated heterocycles. The number of phosphoric acid groups is 2. The Hall–Kier alpha value is 0.180. The molecule has 0 radical (unpaired) electrons. The van der Waals surface area contributed by atoms with Gasteiger partial charge in [-0.2, -0.15) is 0 Å². The van der Waals surface area contributed by atoms with E-state index in [0.29, 0.717) is 0 Å². The fourth-order valence-corrected chi connectivity index (χ4v) is 3.84.